The van der Waals surface area contributed by atoms with Gasteiger partial charge in [0.05, 0.1) is 7.11 Å². The van der Waals surface area contributed by atoms with Crippen molar-refractivity contribution in [3.05, 3.63) is 158 Å². The van der Waals surface area contributed by atoms with Gasteiger partial charge in [0.25, 0.3) is 0 Å². The van der Waals surface area contributed by atoms with Gasteiger partial charge in [0.2, 0.25) is 0 Å². The van der Waals surface area contributed by atoms with E-state index in [0.717, 1.165) is 12.2 Å². The Hall–Kier alpha value is -3.42. The molecule has 1 unspecified atom stereocenters. The summed E-state index contributed by atoms with van der Waals surface area (Å²) < 4.78 is 5.95. The van der Waals surface area contributed by atoms with E-state index in [1.54, 1.807) is 18.2 Å². The molecule has 0 heterocycles. The van der Waals surface area contributed by atoms with Gasteiger partial charge in [-0.2, -0.15) is 12.1 Å². The number of aryl methyl sites for hydroxylation is 8. The van der Waals surface area contributed by atoms with Crippen molar-refractivity contribution in [2.24, 2.45) is 0 Å². The van der Waals surface area contributed by atoms with Crippen LogP contribution in [0.2, 0.25) is 0 Å². The molecular formula is C52H56Cl2OZr. The first kappa shape index (κ1) is 42.2. The van der Waals surface area contributed by atoms with Crippen molar-refractivity contribution in [2.75, 3.05) is 7.11 Å². The van der Waals surface area contributed by atoms with Crippen molar-refractivity contribution in [3.63, 3.8) is 0 Å². The molecule has 1 aliphatic carbocycles. The van der Waals surface area contributed by atoms with Crippen molar-refractivity contribution in [2.45, 2.75) is 100 Å². The first-order valence-corrected chi connectivity index (χ1v) is 26.1. The third-order valence-corrected chi connectivity index (χ3v) is 11.1. The topological polar surface area (TPSA) is 9.23 Å². The van der Waals surface area contributed by atoms with Gasteiger partial charge in [-0.25, -0.2) is 0 Å². The van der Waals surface area contributed by atoms with Crippen LogP contribution in [0.15, 0.2) is 91.0 Å². The molecule has 0 aliphatic heterocycles. The molecule has 0 aromatic heterocycles. The molecule has 1 aliphatic rings. The molecule has 0 fully saturated rings. The van der Waals surface area contributed by atoms with E-state index >= 15 is 0 Å². The van der Waals surface area contributed by atoms with Crippen molar-refractivity contribution in [3.8, 4) is 28.0 Å². The van der Waals surface area contributed by atoms with Gasteiger partial charge in [-0.05, 0) is 87.6 Å². The number of rotatable bonds is 4. The molecule has 288 valence electrons. The van der Waals surface area contributed by atoms with Crippen LogP contribution in [0.25, 0.3) is 43.8 Å². The zero-order valence-corrected chi connectivity index (χ0v) is 39.3. The fourth-order valence-corrected chi connectivity index (χ4v) is 9.27. The fourth-order valence-electron chi connectivity index (χ4n) is 9.27. The molecule has 0 spiro atoms. The summed E-state index contributed by atoms with van der Waals surface area (Å²) in [5, 5.41) is 5.40. The number of hydrogen-bond acceptors (Lipinski definition) is 1. The van der Waals surface area contributed by atoms with Crippen LogP contribution in [0.1, 0.15) is 99.9 Å². The average Bonchev–Trinajstić information content (AvgIpc) is 3.79. The molecule has 1 atom stereocenters. The molecule has 0 saturated carbocycles. The van der Waals surface area contributed by atoms with E-state index < -0.39 is 20.8 Å². The minimum atomic E-state index is -0.826. The average molecular weight is 859 g/mol. The summed E-state index contributed by atoms with van der Waals surface area (Å²) in [4.78, 5) is 0. The standard InChI is InChI=1S/C29H29.C23H27O.2ClH.Zr/c1-17-8-18(2)11-22(10-17)25-6-7-26-28(25)16-23-12-21(5)15-27(23)29(26)24-13-19(3)9-20(4)14-24;1-14-8-15(2)11-18(10-14)21-19-12-16(3)9-17(19)13-20(22(21)24-7)23(4,5)6;;;/h8-16,25H,6-7H2,1-5H3;8-13H,1-7H3;2*1H;/q2*-1;;;+4/p-2. The summed E-state index contributed by atoms with van der Waals surface area (Å²) in [6.45, 7) is 24.3. The van der Waals surface area contributed by atoms with Crippen molar-refractivity contribution < 1.29 is 25.6 Å². The Bertz CT molecular complexity index is 2480. The predicted molar refractivity (Wildman–Crippen MR) is 241 cm³/mol. The predicted octanol–water partition coefficient (Wildman–Crippen LogP) is 15.7. The summed E-state index contributed by atoms with van der Waals surface area (Å²) in [7, 11) is 11.7. The summed E-state index contributed by atoms with van der Waals surface area (Å²) >= 11 is -0.826. The Morgan fingerprint density at radius 1 is 0.589 bits per heavy atom. The molecule has 7 aromatic rings. The minimum absolute atomic E-state index is 0.0261. The van der Waals surface area contributed by atoms with Gasteiger partial charge in [-0.15, -0.1) is 56.9 Å². The second-order valence-electron chi connectivity index (χ2n) is 17.3. The SMILES string of the molecule is COc1c(C(C)(C)C)cc2[cH-]c(C)cc2c1-c1cc(C)cc(C)c1.Cc1cc(C)cc(-c2c3c(cc4[cH-]c(C)cc24)C(c2cc(C)cc(C)c2)CC3)c1.[Cl][Zr+2][Cl]. The Labute approximate surface area is 354 Å². The second kappa shape index (κ2) is 17.2. The summed E-state index contributed by atoms with van der Waals surface area (Å²) in [6, 6.07) is 34.9. The Morgan fingerprint density at radius 2 is 1.02 bits per heavy atom. The molecule has 7 aromatic carbocycles. The molecule has 0 amide bonds. The molecule has 0 bridgehead atoms. The van der Waals surface area contributed by atoms with Crippen LogP contribution in [-0.4, -0.2) is 7.11 Å². The van der Waals surface area contributed by atoms with E-state index in [4.69, 9.17) is 21.8 Å². The third kappa shape index (κ3) is 8.99. The second-order valence-corrected chi connectivity index (χ2v) is 21.0. The fraction of sp³-hybridized carbons (Fsp3) is 0.308. The number of ether oxygens (including phenoxy) is 1. The van der Waals surface area contributed by atoms with Gasteiger partial charge in [0.15, 0.2) is 0 Å². The van der Waals surface area contributed by atoms with Gasteiger partial charge in [-0.1, -0.05) is 139 Å². The number of hydrogen-bond donors (Lipinski definition) is 0. The van der Waals surface area contributed by atoms with E-state index in [1.807, 2.05) is 0 Å². The Morgan fingerprint density at radius 3 is 1.48 bits per heavy atom. The zero-order valence-electron chi connectivity index (χ0n) is 35.3. The summed E-state index contributed by atoms with van der Waals surface area (Å²) in [6.07, 6.45) is 2.37. The number of benzene rings is 5. The number of fused-ring (bicyclic) bond motifs is 3. The molecule has 1 nitrogen and oxygen atoms in total. The van der Waals surface area contributed by atoms with Gasteiger partial charge in [-0.3, -0.25) is 0 Å². The Balaban J connectivity index is 0.000000181. The van der Waals surface area contributed by atoms with Crippen molar-refractivity contribution in [1.29, 1.82) is 0 Å². The third-order valence-electron chi connectivity index (χ3n) is 11.1. The van der Waals surface area contributed by atoms with Gasteiger partial charge in [0, 0.05) is 5.92 Å². The number of halogens is 2. The van der Waals surface area contributed by atoms with Crippen LogP contribution in [0.4, 0.5) is 0 Å². The maximum absolute atomic E-state index is 5.95. The monoisotopic (exact) mass is 856 g/mol. The first-order chi connectivity index (χ1) is 26.5. The molecule has 8 rings (SSSR count). The Kier molecular flexibility index (Phi) is 13.0. The van der Waals surface area contributed by atoms with Crippen LogP contribution >= 0.6 is 17.0 Å². The van der Waals surface area contributed by atoms with Crippen LogP contribution in [0.3, 0.4) is 0 Å². The number of methoxy groups -OCH3 is 1. The van der Waals surface area contributed by atoms with Crippen LogP contribution < -0.4 is 4.74 Å². The van der Waals surface area contributed by atoms with Crippen molar-refractivity contribution >= 4 is 38.6 Å². The molecule has 4 heteroatoms. The van der Waals surface area contributed by atoms with E-state index in [2.05, 4.69) is 167 Å². The molecule has 56 heavy (non-hydrogen) atoms. The summed E-state index contributed by atoms with van der Waals surface area (Å²) in [5.74, 6) is 1.51. The van der Waals surface area contributed by atoms with Gasteiger partial charge < -0.3 is 4.74 Å². The molecule has 0 saturated heterocycles. The van der Waals surface area contributed by atoms with Crippen molar-refractivity contribution in [1.82, 2.24) is 0 Å². The quantitative estimate of drug-likeness (QED) is 0.160. The van der Waals surface area contributed by atoms with E-state index in [-0.39, 0.29) is 5.41 Å². The maximum atomic E-state index is 5.95. The van der Waals surface area contributed by atoms with Crippen LogP contribution in [-0.2, 0) is 32.7 Å². The van der Waals surface area contributed by atoms with E-state index in [1.165, 1.54) is 106 Å². The van der Waals surface area contributed by atoms with Crippen LogP contribution in [0.5, 0.6) is 5.75 Å². The normalized spacial score (nSPS) is 13.5. The molecular weight excluding hydrogens is 803 g/mol. The first-order valence-electron chi connectivity index (χ1n) is 19.7. The van der Waals surface area contributed by atoms with E-state index in [0.29, 0.717) is 5.92 Å². The van der Waals surface area contributed by atoms with E-state index in [9.17, 15) is 0 Å². The van der Waals surface area contributed by atoms with Gasteiger partial charge in [0.1, 0.15) is 5.75 Å². The molecule has 0 radical (unpaired) electrons. The zero-order chi connectivity index (χ0) is 40.6. The molecule has 0 N–H and O–H groups in total. The van der Waals surface area contributed by atoms with Gasteiger partial charge >= 0.3 is 37.9 Å². The summed E-state index contributed by atoms with van der Waals surface area (Å²) in [5.41, 5.74) is 21.9. The van der Waals surface area contributed by atoms with Crippen LogP contribution in [0, 0.1) is 55.4 Å².